The van der Waals surface area contributed by atoms with Gasteiger partial charge in [-0.2, -0.15) is 5.10 Å². The van der Waals surface area contributed by atoms with Crippen LogP contribution in [0.25, 0.3) is 11.3 Å². The summed E-state index contributed by atoms with van der Waals surface area (Å²) in [6.07, 6.45) is 19.8. The van der Waals surface area contributed by atoms with Crippen molar-refractivity contribution in [2.24, 2.45) is 17.6 Å². The lowest BCUT2D eigenvalue weighted by Crippen LogP contribution is -2.26. The fourth-order valence-electron chi connectivity index (χ4n) is 5.86. The third-order valence-corrected chi connectivity index (χ3v) is 8.39. The molecule has 0 radical (unpaired) electrons. The van der Waals surface area contributed by atoms with Gasteiger partial charge in [-0.1, -0.05) is 6.92 Å². The van der Waals surface area contributed by atoms with Gasteiger partial charge in [-0.05, 0) is 101 Å². The van der Waals surface area contributed by atoms with Gasteiger partial charge in [0.1, 0.15) is 5.82 Å². The number of ether oxygens (including phenoxy) is 1. The van der Waals surface area contributed by atoms with E-state index in [1.54, 1.807) is 0 Å². The highest BCUT2D eigenvalue weighted by atomic mass is 16.5. The minimum atomic E-state index is 0.375. The summed E-state index contributed by atoms with van der Waals surface area (Å²) in [5, 5.41) is 4.94. The van der Waals surface area contributed by atoms with Crippen molar-refractivity contribution in [3.8, 4) is 11.3 Å². The lowest BCUT2D eigenvalue weighted by molar-refractivity contribution is 0.0990. The Labute approximate surface area is 205 Å². The molecule has 2 N–H and O–H groups in total. The molecule has 2 aliphatic carbocycles. The molecule has 2 aromatic heterocycles. The normalized spacial score (nSPS) is 27.2. The van der Waals surface area contributed by atoms with E-state index in [1.165, 1.54) is 69.0 Å². The Balaban J connectivity index is 1.32. The molecule has 2 atom stereocenters. The van der Waals surface area contributed by atoms with Gasteiger partial charge >= 0.3 is 0 Å². The van der Waals surface area contributed by atoms with E-state index >= 15 is 0 Å². The molecule has 2 aromatic rings. The Kier molecular flexibility index (Phi) is 7.95. The lowest BCUT2D eigenvalue weighted by Gasteiger charge is -2.26. The molecule has 5 rings (SSSR count). The van der Waals surface area contributed by atoms with Crippen molar-refractivity contribution in [2.75, 3.05) is 13.2 Å². The molecule has 0 spiro atoms. The molecule has 2 saturated carbocycles. The smallest absolute Gasteiger partial charge is 0.131 e. The van der Waals surface area contributed by atoms with Crippen LogP contribution in [0.4, 0.5) is 0 Å². The fraction of sp³-hybridized carbons (Fsp3) is 0.750. The molecule has 6 nitrogen and oxygen atoms in total. The molecule has 34 heavy (non-hydrogen) atoms. The summed E-state index contributed by atoms with van der Waals surface area (Å²) in [5.74, 6) is 2.99. The molecule has 0 bridgehead atoms. The third-order valence-electron chi connectivity index (χ3n) is 8.39. The van der Waals surface area contributed by atoms with Crippen LogP contribution in [-0.2, 0) is 11.2 Å². The van der Waals surface area contributed by atoms with E-state index in [9.17, 15) is 0 Å². The van der Waals surface area contributed by atoms with Crippen LogP contribution in [0.2, 0.25) is 0 Å². The van der Waals surface area contributed by atoms with Gasteiger partial charge in [-0.3, -0.25) is 4.68 Å². The summed E-state index contributed by atoms with van der Waals surface area (Å²) in [5.41, 5.74) is 9.73. The Morgan fingerprint density at radius 1 is 1.03 bits per heavy atom. The van der Waals surface area contributed by atoms with Crippen LogP contribution in [0, 0.1) is 11.8 Å². The minimum absolute atomic E-state index is 0.375. The number of hydrogen-bond acceptors (Lipinski definition) is 5. The summed E-state index contributed by atoms with van der Waals surface area (Å²) in [6.45, 7) is 4.03. The zero-order chi connectivity index (χ0) is 23.3. The zero-order valence-corrected chi connectivity index (χ0v) is 21.0. The van der Waals surface area contributed by atoms with Crippen molar-refractivity contribution in [1.82, 2.24) is 19.7 Å². The number of rotatable bonds is 8. The Morgan fingerprint density at radius 2 is 1.85 bits per heavy atom. The van der Waals surface area contributed by atoms with E-state index in [1.807, 2.05) is 6.20 Å². The average molecular weight is 466 g/mol. The standard InChI is InChI=1S/C28H43N5O/c1-20(5-6-21-9-11-23(29)12-10-21)28-30-15-13-26(32-28)25-19-31-33(27(25)18-22-7-8-22)24-4-2-3-16-34-17-14-24/h13,15,19-24H,2-12,14,16-18,29H2,1H3/t20?,21-,23-,24?. The maximum Gasteiger partial charge on any atom is 0.131 e. The molecule has 0 amide bonds. The molecular formula is C28H43N5O. The van der Waals surface area contributed by atoms with E-state index in [-0.39, 0.29) is 0 Å². The first-order chi connectivity index (χ1) is 16.7. The van der Waals surface area contributed by atoms with Crippen molar-refractivity contribution in [3.63, 3.8) is 0 Å². The van der Waals surface area contributed by atoms with Gasteiger partial charge in [0.2, 0.25) is 0 Å². The molecule has 1 saturated heterocycles. The van der Waals surface area contributed by atoms with Gasteiger partial charge in [0, 0.05) is 42.6 Å². The van der Waals surface area contributed by atoms with Crippen molar-refractivity contribution >= 4 is 0 Å². The van der Waals surface area contributed by atoms with Crippen LogP contribution in [0.15, 0.2) is 18.5 Å². The number of nitrogens with zero attached hydrogens (tertiary/aromatic N) is 4. The first kappa shape index (κ1) is 23.9. The highest BCUT2D eigenvalue weighted by Crippen LogP contribution is 2.38. The lowest BCUT2D eigenvalue weighted by atomic mass is 9.82. The summed E-state index contributed by atoms with van der Waals surface area (Å²) >= 11 is 0. The molecular weight excluding hydrogens is 422 g/mol. The summed E-state index contributed by atoms with van der Waals surface area (Å²) in [6, 6.07) is 2.94. The highest BCUT2D eigenvalue weighted by molar-refractivity contribution is 5.61. The third kappa shape index (κ3) is 6.06. The zero-order valence-electron chi connectivity index (χ0n) is 21.0. The number of hydrogen-bond donors (Lipinski definition) is 1. The van der Waals surface area contributed by atoms with Gasteiger partial charge < -0.3 is 10.5 Å². The van der Waals surface area contributed by atoms with Crippen LogP contribution in [0.3, 0.4) is 0 Å². The maximum atomic E-state index is 6.09. The van der Waals surface area contributed by atoms with E-state index in [4.69, 9.17) is 20.6 Å². The van der Waals surface area contributed by atoms with Crippen LogP contribution in [-0.4, -0.2) is 39.0 Å². The fourth-order valence-corrected chi connectivity index (χ4v) is 5.86. The molecule has 1 aliphatic heterocycles. The molecule has 3 aliphatic rings. The van der Waals surface area contributed by atoms with Crippen molar-refractivity contribution in [1.29, 1.82) is 0 Å². The van der Waals surface area contributed by atoms with Crippen molar-refractivity contribution in [2.45, 2.75) is 108 Å². The van der Waals surface area contributed by atoms with E-state index in [0.717, 1.165) is 62.3 Å². The van der Waals surface area contributed by atoms with Gasteiger partial charge in [-0.25, -0.2) is 9.97 Å². The SMILES string of the molecule is CC(CC[C@H]1CC[C@H](N)CC1)c1nccc(-c2cnn(C3CCCCOCC3)c2CC2CC2)n1. The molecule has 3 fully saturated rings. The van der Waals surface area contributed by atoms with Crippen molar-refractivity contribution in [3.05, 3.63) is 30.0 Å². The molecule has 3 heterocycles. The largest absolute Gasteiger partial charge is 0.381 e. The topological polar surface area (TPSA) is 78.8 Å². The van der Waals surface area contributed by atoms with Crippen LogP contribution in [0.1, 0.15) is 107 Å². The predicted molar refractivity (Wildman–Crippen MR) is 136 cm³/mol. The summed E-state index contributed by atoms with van der Waals surface area (Å²) in [7, 11) is 0. The molecule has 2 unspecified atom stereocenters. The second kappa shape index (κ2) is 11.3. The Morgan fingerprint density at radius 3 is 2.68 bits per heavy atom. The average Bonchev–Trinajstić information content (AvgIpc) is 3.56. The van der Waals surface area contributed by atoms with Crippen LogP contribution in [0.5, 0.6) is 0 Å². The monoisotopic (exact) mass is 465 g/mol. The van der Waals surface area contributed by atoms with Crippen molar-refractivity contribution < 1.29 is 4.74 Å². The molecule has 186 valence electrons. The van der Waals surface area contributed by atoms with Gasteiger partial charge in [0.15, 0.2) is 0 Å². The highest BCUT2D eigenvalue weighted by Gasteiger charge is 2.28. The van der Waals surface area contributed by atoms with Crippen LogP contribution >= 0.6 is 0 Å². The summed E-state index contributed by atoms with van der Waals surface area (Å²) < 4.78 is 8.13. The van der Waals surface area contributed by atoms with E-state index < -0.39 is 0 Å². The van der Waals surface area contributed by atoms with Gasteiger partial charge in [0.05, 0.1) is 17.9 Å². The minimum Gasteiger partial charge on any atom is -0.381 e. The number of nitrogens with two attached hydrogens (primary N) is 1. The molecule has 0 aromatic carbocycles. The second-order valence-electron chi connectivity index (χ2n) is 11.2. The first-order valence-electron chi connectivity index (χ1n) is 13.9. The van der Waals surface area contributed by atoms with Gasteiger partial charge in [0.25, 0.3) is 0 Å². The quantitative estimate of drug-likeness (QED) is 0.531. The predicted octanol–water partition coefficient (Wildman–Crippen LogP) is 5.83. The van der Waals surface area contributed by atoms with E-state index in [2.05, 4.69) is 28.9 Å². The summed E-state index contributed by atoms with van der Waals surface area (Å²) in [4.78, 5) is 9.78. The van der Waals surface area contributed by atoms with E-state index in [0.29, 0.717) is 18.0 Å². The number of aromatic nitrogens is 4. The Bertz CT molecular complexity index is 907. The molecule has 6 heteroatoms. The van der Waals surface area contributed by atoms with Crippen LogP contribution < -0.4 is 5.73 Å². The van der Waals surface area contributed by atoms with Gasteiger partial charge in [-0.15, -0.1) is 0 Å². The Hall–Kier alpha value is -1.79. The maximum absolute atomic E-state index is 6.09. The second-order valence-corrected chi connectivity index (χ2v) is 11.2. The first-order valence-corrected chi connectivity index (χ1v) is 13.9.